The van der Waals surface area contributed by atoms with Crippen LogP contribution in [0, 0.1) is 6.92 Å². The van der Waals surface area contributed by atoms with Crippen LogP contribution in [0.3, 0.4) is 0 Å². The Morgan fingerprint density at radius 3 is 2.79 bits per heavy atom. The molecule has 1 aliphatic rings. The van der Waals surface area contributed by atoms with Crippen molar-refractivity contribution >= 4 is 11.5 Å². The van der Waals surface area contributed by atoms with Crippen molar-refractivity contribution < 1.29 is 0 Å². The van der Waals surface area contributed by atoms with Gasteiger partial charge in [-0.05, 0) is 25.3 Å². The zero-order chi connectivity index (χ0) is 9.97. The fraction of sp³-hybridized carbons (Fsp3) is 0.364. The molecule has 14 heavy (non-hydrogen) atoms. The molecule has 0 saturated carbocycles. The van der Waals surface area contributed by atoms with E-state index in [4.69, 9.17) is 5.73 Å². The van der Waals surface area contributed by atoms with Gasteiger partial charge in [-0.3, -0.25) is 0 Å². The van der Waals surface area contributed by atoms with Crippen molar-refractivity contribution in [3.05, 3.63) is 30.0 Å². The summed E-state index contributed by atoms with van der Waals surface area (Å²) in [5.41, 5.74) is 7.63. The number of nitrogen functional groups attached to an aromatic ring is 1. The van der Waals surface area contributed by atoms with Crippen LogP contribution < -0.4 is 11.1 Å². The van der Waals surface area contributed by atoms with Crippen molar-refractivity contribution in [1.82, 2.24) is 4.98 Å². The first-order valence-electron chi connectivity index (χ1n) is 4.89. The van der Waals surface area contributed by atoms with Crippen molar-refractivity contribution in [3.63, 3.8) is 0 Å². The number of pyridine rings is 1. The summed E-state index contributed by atoms with van der Waals surface area (Å²) in [5.74, 6) is 0.877. The van der Waals surface area contributed by atoms with Crippen LogP contribution in [0.2, 0.25) is 0 Å². The molecule has 0 bridgehead atoms. The average molecular weight is 189 g/mol. The lowest BCUT2D eigenvalue weighted by Crippen LogP contribution is -2.16. The number of anilines is 2. The Morgan fingerprint density at radius 2 is 2.14 bits per heavy atom. The lowest BCUT2D eigenvalue weighted by Gasteiger charge is -2.13. The van der Waals surface area contributed by atoms with Gasteiger partial charge < -0.3 is 11.1 Å². The second kappa shape index (κ2) is 3.70. The van der Waals surface area contributed by atoms with Gasteiger partial charge in [0.25, 0.3) is 0 Å². The van der Waals surface area contributed by atoms with Crippen molar-refractivity contribution in [3.8, 4) is 0 Å². The molecule has 1 heterocycles. The maximum atomic E-state index is 5.80. The molecule has 1 aliphatic carbocycles. The van der Waals surface area contributed by atoms with E-state index in [1.54, 1.807) is 6.20 Å². The fourth-order valence-electron chi connectivity index (χ4n) is 1.56. The first-order valence-corrected chi connectivity index (χ1v) is 4.89. The maximum absolute atomic E-state index is 5.80. The normalized spacial score (nSPS) is 16.1. The van der Waals surface area contributed by atoms with Gasteiger partial charge in [-0.1, -0.05) is 12.2 Å². The molecule has 1 aromatic heterocycles. The molecule has 2 rings (SSSR count). The van der Waals surface area contributed by atoms with Gasteiger partial charge in [0, 0.05) is 24.0 Å². The van der Waals surface area contributed by atoms with Crippen molar-refractivity contribution in [2.75, 3.05) is 11.1 Å². The zero-order valence-electron chi connectivity index (χ0n) is 8.33. The van der Waals surface area contributed by atoms with E-state index in [0.29, 0.717) is 6.04 Å². The van der Waals surface area contributed by atoms with Gasteiger partial charge in [0.1, 0.15) is 5.82 Å². The molecule has 0 amide bonds. The summed E-state index contributed by atoms with van der Waals surface area (Å²) in [5, 5.41) is 3.36. The average Bonchev–Trinajstić information content (AvgIpc) is 2.64. The summed E-state index contributed by atoms with van der Waals surface area (Å²) in [6.07, 6.45) is 8.34. The first kappa shape index (κ1) is 9.06. The van der Waals surface area contributed by atoms with Crippen molar-refractivity contribution in [2.45, 2.75) is 25.8 Å². The molecule has 0 fully saturated rings. The molecule has 0 spiro atoms. The van der Waals surface area contributed by atoms with Gasteiger partial charge in [-0.2, -0.15) is 0 Å². The highest BCUT2D eigenvalue weighted by atomic mass is 15.0. The lowest BCUT2D eigenvalue weighted by molar-refractivity contribution is 0.781. The highest BCUT2D eigenvalue weighted by molar-refractivity contribution is 5.53. The van der Waals surface area contributed by atoms with E-state index < -0.39 is 0 Å². The van der Waals surface area contributed by atoms with Crippen LogP contribution in [0.1, 0.15) is 18.4 Å². The Kier molecular flexibility index (Phi) is 2.39. The van der Waals surface area contributed by atoms with Gasteiger partial charge in [-0.25, -0.2) is 4.98 Å². The van der Waals surface area contributed by atoms with Gasteiger partial charge in [0.15, 0.2) is 0 Å². The van der Waals surface area contributed by atoms with Crippen LogP contribution >= 0.6 is 0 Å². The number of rotatable bonds is 2. The van der Waals surface area contributed by atoms with E-state index in [2.05, 4.69) is 22.5 Å². The Bertz CT molecular complexity index is 350. The molecule has 0 aliphatic heterocycles. The molecule has 0 unspecified atom stereocenters. The number of nitrogens with zero attached hydrogens (tertiary/aromatic N) is 1. The van der Waals surface area contributed by atoms with E-state index in [1.165, 1.54) is 0 Å². The van der Waals surface area contributed by atoms with Crippen LogP contribution in [0.15, 0.2) is 24.4 Å². The van der Waals surface area contributed by atoms with E-state index in [9.17, 15) is 0 Å². The minimum atomic E-state index is 0.490. The Labute approximate surface area is 84.0 Å². The highest BCUT2D eigenvalue weighted by Crippen LogP contribution is 2.18. The minimum absolute atomic E-state index is 0.490. The Balaban J connectivity index is 2.06. The molecule has 0 radical (unpaired) electrons. The predicted molar refractivity (Wildman–Crippen MR) is 59.2 cm³/mol. The maximum Gasteiger partial charge on any atom is 0.128 e. The molecule has 0 saturated heterocycles. The Hall–Kier alpha value is -1.51. The summed E-state index contributed by atoms with van der Waals surface area (Å²) < 4.78 is 0. The van der Waals surface area contributed by atoms with Gasteiger partial charge in [-0.15, -0.1) is 0 Å². The van der Waals surface area contributed by atoms with Gasteiger partial charge in [0.05, 0.1) is 0 Å². The largest absolute Gasteiger partial charge is 0.398 e. The summed E-state index contributed by atoms with van der Waals surface area (Å²) in [6.45, 7) is 1.96. The first-order chi connectivity index (χ1) is 6.75. The van der Waals surface area contributed by atoms with Crippen LogP contribution in [0.4, 0.5) is 11.5 Å². The van der Waals surface area contributed by atoms with E-state index in [-0.39, 0.29) is 0 Å². The molecular formula is C11H15N3. The summed E-state index contributed by atoms with van der Waals surface area (Å²) in [7, 11) is 0. The fourth-order valence-corrected chi connectivity index (χ4v) is 1.56. The molecular weight excluding hydrogens is 174 g/mol. The van der Waals surface area contributed by atoms with Crippen molar-refractivity contribution in [2.24, 2.45) is 0 Å². The predicted octanol–water partition coefficient (Wildman–Crippen LogP) is 2.10. The molecule has 1 aromatic rings. The molecule has 74 valence electrons. The summed E-state index contributed by atoms with van der Waals surface area (Å²) in [4.78, 5) is 4.28. The lowest BCUT2D eigenvalue weighted by atomic mass is 10.2. The van der Waals surface area contributed by atoms with E-state index >= 15 is 0 Å². The van der Waals surface area contributed by atoms with Crippen LogP contribution in [-0.4, -0.2) is 11.0 Å². The third-order valence-corrected chi connectivity index (χ3v) is 2.50. The molecule has 3 N–H and O–H groups in total. The smallest absolute Gasteiger partial charge is 0.128 e. The van der Waals surface area contributed by atoms with Crippen molar-refractivity contribution in [1.29, 1.82) is 0 Å². The molecule has 3 nitrogen and oxygen atoms in total. The number of nitrogens with one attached hydrogen (secondary N) is 1. The SMILES string of the molecule is Cc1cnc(NC2CC=CC2)cc1N. The van der Waals surface area contributed by atoms with Gasteiger partial charge in [0.2, 0.25) is 0 Å². The standard InChI is InChI=1S/C11H15N3/c1-8-7-13-11(6-10(8)12)14-9-4-2-3-5-9/h2-3,6-7,9H,4-5H2,1H3,(H3,12,13,14). The van der Waals surface area contributed by atoms with Crippen LogP contribution in [0.5, 0.6) is 0 Å². The molecule has 0 atom stereocenters. The van der Waals surface area contributed by atoms with Crippen LogP contribution in [0.25, 0.3) is 0 Å². The molecule has 0 aromatic carbocycles. The van der Waals surface area contributed by atoms with E-state index in [0.717, 1.165) is 29.9 Å². The number of nitrogens with two attached hydrogens (primary N) is 1. The summed E-state index contributed by atoms with van der Waals surface area (Å²) in [6, 6.07) is 2.39. The highest BCUT2D eigenvalue weighted by Gasteiger charge is 2.10. The monoisotopic (exact) mass is 189 g/mol. The number of aromatic nitrogens is 1. The third-order valence-electron chi connectivity index (χ3n) is 2.50. The quantitative estimate of drug-likeness (QED) is 0.700. The summed E-state index contributed by atoms with van der Waals surface area (Å²) >= 11 is 0. The Morgan fingerprint density at radius 1 is 1.43 bits per heavy atom. The number of aryl methyl sites for hydroxylation is 1. The number of hydrogen-bond acceptors (Lipinski definition) is 3. The third kappa shape index (κ3) is 1.87. The second-order valence-electron chi connectivity index (χ2n) is 3.71. The van der Waals surface area contributed by atoms with Gasteiger partial charge >= 0.3 is 0 Å². The van der Waals surface area contributed by atoms with E-state index in [1.807, 2.05) is 13.0 Å². The second-order valence-corrected chi connectivity index (χ2v) is 3.71. The zero-order valence-corrected chi connectivity index (χ0v) is 8.33. The number of hydrogen-bond donors (Lipinski definition) is 2. The minimum Gasteiger partial charge on any atom is -0.398 e. The molecule has 3 heteroatoms. The van der Waals surface area contributed by atoms with Crippen LogP contribution in [-0.2, 0) is 0 Å². The topological polar surface area (TPSA) is 50.9 Å².